The molecule has 2 N–H and O–H groups in total. The molecule has 4 nitrogen and oxygen atoms in total. The number of pyridine rings is 1. The van der Waals surface area contributed by atoms with Crippen molar-refractivity contribution in [2.24, 2.45) is 0 Å². The number of aromatic nitrogens is 1. The van der Waals surface area contributed by atoms with Crippen molar-refractivity contribution < 1.29 is 9.18 Å². The van der Waals surface area contributed by atoms with E-state index in [1.54, 1.807) is 37.5 Å². The van der Waals surface area contributed by atoms with Crippen molar-refractivity contribution in [3.63, 3.8) is 0 Å². The number of nitrogens with zero attached hydrogens (tertiary/aromatic N) is 1. The summed E-state index contributed by atoms with van der Waals surface area (Å²) in [5.74, 6) is 0.107. The van der Waals surface area contributed by atoms with Gasteiger partial charge in [0.25, 0.3) is 5.91 Å². The van der Waals surface area contributed by atoms with Crippen LogP contribution in [0.1, 0.15) is 22.8 Å². The lowest BCUT2D eigenvalue weighted by Gasteiger charge is -2.15. The van der Waals surface area contributed by atoms with E-state index in [-0.39, 0.29) is 17.8 Å². The molecule has 5 heteroatoms. The molecule has 110 valence electrons. The largest absolute Gasteiger partial charge is 0.372 e. The predicted octanol–water partition coefficient (Wildman–Crippen LogP) is 2.62. The van der Waals surface area contributed by atoms with E-state index < -0.39 is 0 Å². The molecule has 1 aromatic carbocycles. The minimum Gasteiger partial charge on any atom is -0.372 e. The van der Waals surface area contributed by atoms with Gasteiger partial charge >= 0.3 is 0 Å². The Bertz CT molecular complexity index is 613. The number of carbonyl (C=O) groups excluding carboxylic acids is 1. The highest BCUT2D eigenvalue weighted by Gasteiger charge is 2.14. The Kier molecular flexibility index (Phi) is 4.87. The van der Waals surface area contributed by atoms with Gasteiger partial charge in [-0.05, 0) is 43.2 Å². The van der Waals surface area contributed by atoms with Crippen molar-refractivity contribution >= 4 is 11.7 Å². The maximum atomic E-state index is 12.9. The van der Waals surface area contributed by atoms with E-state index in [1.807, 2.05) is 6.92 Å². The van der Waals surface area contributed by atoms with Crippen LogP contribution < -0.4 is 10.6 Å². The van der Waals surface area contributed by atoms with Crippen molar-refractivity contribution in [3.05, 3.63) is 59.5 Å². The fourth-order valence-electron chi connectivity index (χ4n) is 2.11. The second-order valence-corrected chi connectivity index (χ2v) is 4.85. The lowest BCUT2D eigenvalue weighted by atomic mass is 10.1. The van der Waals surface area contributed by atoms with Crippen molar-refractivity contribution in [1.82, 2.24) is 10.3 Å². The lowest BCUT2D eigenvalue weighted by molar-refractivity contribution is 0.0940. The molecular formula is C16H18FN3O. The number of halogens is 1. The molecule has 0 aliphatic heterocycles. The minimum atomic E-state index is -0.260. The van der Waals surface area contributed by atoms with Crippen LogP contribution in [0.5, 0.6) is 0 Å². The Hall–Kier alpha value is -2.43. The standard InChI is InChI=1S/C16H18FN3O/c1-11(10-12-5-7-13(17)8-6-12)20-16(21)14-4-3-9-19-15(14)18-2/h3-9,11H,10H2,1-2H3,(H,18,19)(H,20,21). The first-order chi connectivity index (χ1) is 10.1. The van der Waals surface area contributed by atoms with Gasteiger partial charge in [0.15, 0.2) is 0 Å². The van der Waals surface area contributed by atoms with Gasteiger partial charge in [-0.15, -0.1) is 0 Å². The molecule has 1 atom stereocenters. The number of anilines is 1. The quantitative estimate of drug-likeness (QED) is 0.889. The molecule has 0 radical (unpaired) electrons. The smallest absolute Gasteiger partial charge is 0.255 e. The molecule has 0 saturated heterocycles. The molecule has 2 aromatic rings. The summed E-state index contributed by atoms with van der Waals surface area (Å²) in [5.41, 5.74) is 1.48. The van der Waals surface area contributed by atoms with Gasteiger partial charge in [-0.3, -0.25) is 4.79 Å². The van der Waals surface area contributed by atoms with E-state index in [0.29, 0.717) is 17.8 Å². The van der Waals surface area contributed by atoms with Crippen LogP contribution in [0.15, 0.2) is 42.6 Å². The van der Waals surface area contributed by atoms with Gasteiger partial charge in [-0.1, -0.05) is 12.1 Å². The summed E-state index contributed by atoms with van der Waals surface area (Å²) < 4.78 is 12.9. The second-order valence-electron chi connectivity index (χ2n) is 4.85. The maximum absolute atomic E-state index is 12.9. The van der Waals surface area contributed by atoms with Crippen LogP contribution in [0.25, 0.3) is 0 Å². The van der Waals surface area contributed by atoms with E-state index in [2.05, 4.69) is 15.6 Å². The van der Waals surface area contributed by atoms with Gasteiger partial charge in [0.1, 0.15) is 11.6 Å². The Morgan fingerprint density at radius 2 is 2.00 bits per heavy atom. The summed E-state index contributed by atoms with van der Waals surface area (Å²) in [6.45, 7) is 1.91. The van der Waals surface area contributed by atoms with E-state index in [0.717, 1.165) is 5.56 Å². The highest BCUT2D eigenvalue weighted by Crippen LogP contribution is 2.11. The predicted molar refractivity (Wildman–Crippen MR) is 80.8 cm³/mol. The van der Waals surface area contributed by atoms with Crippen molar-refractivity contribution in [3.8, 4) is 0 Å². The van der Waals surface area contributed by atoms with Crippen LogP contribution in [-0.4, -0.2) is 24.0 Å². The summed E-state index contributed by atoms with van der Waals surface area (Å²) >= 11 is 0. The zero-order valence-corrected chi connectivity index (χ0v) is 12.1. The molecule has 0 aliphatic rings. The van der Waals surface area contributed by atoms with Gasteiger partial charge < -0.3 is 10.6 Å². The molecule has 0 bridgehead atoms. The highest BCUT2D eigenvalue weighted by atomic mass is 19.1. The average molecular weight is 287 g/mol. The molecular weight excluding hydrogens is 269 g/mol. The lowest BCUT2D eigenvalue weighted by Crippen LogP contribution is -2.34. The third-order valence-corrected chi connectivity index (χ3v) is 3.12. The summed E-state index contributed by atoms with van der Waals surface area (Å²) in [6, 6.07) is 9.67. The summed E-state index contributed by atoms with van der Waals surface area (Å²) in [6.07, 6.45) is 2.27. The number of hydrogen-bond acceptors (Lipinski definition) is 3. The number of hydrogen-bond donors (Lipinski definition) is 2. The average Bonchev–Trinajstić information content (AvgIpc) is 2.49. The zero-order chi connectivity index (χ0) is 15.2. The van der Waals surface area contributed by atoms with E-state index in [9.17, 15) is 9.18 Å². The number of carbonyl (C=O) groups is 1. The molecule has 1 unspecified atom stereocenters. The van der Waals surface area contributed by atoms with Crippen LogP contribution in [0.4, 0.5) is 10.2 Å². The first kappa shape index (κ1) is 15.0. The topological polar surface area (TPSA) is 54.0 Å². The van der Waals surface area contributed by atoms with Crippen LogP contribution in [0, 0.1) is 5.82 Å². The van der Waals surface area contributed by atoms with Crippen LogP contribution in [0.2, 0.25) is 0 Å². The van der Waals surface area contributed by atoms with Crippen molar-refractivity contribution in [2.45, 2.75) is 19.4 Å². The number of amides is 1. The Morgan fingerprint density at radius 1 is 1.29 bits per heavy atom. The third kappa shape index (κ3) is 4.02. The number of benzene rings is 1. The molecule has 1 heterocycles. The molecule has 2 rings (SSSR count). The maximum Gasteiger partial charge on any atom is 0.255 e. The van der Waals surface area contributed by atoms with Crippen LogP contribution in [-0.2, 0) is 6.42 Å². The summed E-state index contributed by atoms with van der Waals surface area (Å²) in [7, 11) is 1.72. The molecule has 1 amide bonds. The molecule has 0 aliphatic carbocycles. The molecule has 1 aromatic heterocycles. The van der Waals surface area contributed by atoms with E-state index >= 15 is 0 Å². The monoisotopic (exact) mass is 287 g/mol. The molecule has 21 heavy (non-hydrogen) atoms. The normalized spacial score (nSPS) is 11.8. The van der Waals surface area contributed by atoms with Crippen molar-refractivity contribution in [2.75, 3.05) is 12.4 Å². The molecule has 0 saturated carbocycles. The first-order valence-electron chi connectivity index (χ1n) is 6.78. The zero-order valence-electron chi connectivity index (χ0n) is 12.1. The third-order valence-electron chi connectivity index (χ3n) is 3.12. The fraction of sp³-hybridized carbons (Fsp3) is 0.250. The van der Waals surface area contributed by atoms with Crippen molar-refractivity contribution in [1.29, 1.82) is 0 Å². The Balaban J connectivity index is 2.00. The number of nitrogens with one attached hydrogen (secondary N) is 2. The van der Waals surface area contributed by atoms with Gasteiger partial charge in [0, 0.05) is 19.3 Å². The van der Waals surface area contributed by atoms with E-state index in [4.69, 9.17) is 0 Å². The second kappa shape index (κ2) is 6.83. The first-order valence-corrected chi connectivity index (χ1v) is 6.78. The van der Waals surface area contributed by atoms with E-state index in [1.165, 1.54) is 12.1 Å². The van der Waals surface area contributed by atoms with Gasteiger partial charge in [0.2, 0.25) is 0 Å². The van der Waals surface area contributed by atoms with Gasteiger partial charge in [0.05, 0.1) is 5.56 Å². The van der Waals surface area contributed by atoms with Crippen LogP contribution in [0.3, 0.4) is 0 Å². The Morgan fingerprint density at radius 3 is 2.67 bits per heavy atom. The summed E-state index contributed by atoms with van der Waals surface area (Å²) in [5, 5.41) is 5.81. The minimum absolute atomic E-state index is 0.0622. The van der Waals surface area contributed by atoms with Gasteiger partial charge in [-0.2, -0.15) is 0 Å². The van der Waals surface area contributed by atoms with Crippen LogP contribution >= 0.6 is 0 Å². The molecule has 0 spiro atoms. The molecule has 0 fully saturated rings. The Labute approximate surface area is 123 Å². The highest BCUT2D eigenvalue weighted by molar-refractivity contribution is 5.98. The fourth-order valence-corrected chi connectivity index (χ4v) is 2.11. The van der Waals surface area contributed by atoms with Gasteiger partial charge in [-0.25, -0.2) is 9.37 Å². The summed E-state index contributed by atoms with van der Waals surface area (Å²) in [4.78, 5) is 16.3. The number of rotatable bonds is 5. The SMILES string of the molecule is CNc1ncccc1C(=O)NC(C)Cc1ccc(F)cc1.